The monoisotopic (exact) mass is 391 g/mol. The Balaban J connectivity index is 1.41. The summed E-state index contributed by atoms with van der Waals surface area (Å²) in [5, 5.41) is 12.2. The molecule has 0 spiro atoms. The molecule has 3 fully saturated rings. The third kappa shape index (κ3) is 2.90. The van der Waals surface area contributed by atoms with Crippen molar-refractivity contribution in [3.8, 4) is 0 Å². The van der Waals surface area contributed by atoms with Gasteiger partial charge in [-0.1, -0.05) is 0 Å². The van der Waals surface area contributed by atoms with Crippen molar-refractivity contribution in [3.63, 3.8) is 0 Å². The molecule has 2 bridgehead atoms. The van der Waals surface area contributed by atoms with E-state index in [0.717, 1.165) is 56.0 Å². The summed E-state index contributed by atoms with van der Waals surface area (Å²) in [6.45, 7) is 4.17. The lowest BCUT2D eigenvalue weighted by atomic mass is 9.94. The third-order valence-electron chi connectivity index (χ3n) is 6.76. The minimum Gasteiger partial charge on any atom is -0.396 e. The van der Waals surface area contributed by atoms with E-state index in [0.29, 0.717) is 23.8 Å². The van der Waals surface area contributed by atoms with Crippen molar-refractivity contribution in [1.29, 1.82) is 0 Å². The van der Waals surface area contributed by atoms with E-state index in [1.54, 1.807) is 6.33 Å². The number of halogens is 1. The van der Waals surface area contributed by atoms with Crippen LogP contribution in [-0.2, 0) is 0 Å². The Morgan fingerprint density at radius 2 is 1.96 bits per heavy atom. The second kappa shape index (κ2) is 6.84. The summed E-state index contributed by atoms with van der Waals surface area (Å²) in [5.41, 5.74) is 5.10. The van der Waals surface area contributed by atoms with Crippen LogP contribution in [0.15, 0.2) is 12.7 Å². The molecule has 5 rings (SSSR count). The molecule has 0 unspecified atom stereocenters. The van der Waals surface area contributed by atoms with Gasteiger partial charge in [-0.2, -0.15) is 0 Å². The van der Waals surface area contributed by atoms with Gasteiger partial charge in [0.25, 0.3) is 0 Å². The molecule has 2 saturated carbocycles. The number of nitrogens with zero attached hydrogens (tertiary/aromatic N) is 6. The summed E-state index contributed by atoms with van der Waals surface area (Å²) in [5.74, 6) is 1.83. The fourth-order valence-electron chi connectivity index (χ4n) is 5.25. The maximum absolute atomic E-state index is 9.81. The van der Waals surface area contributed by atoms with Crippen LogP contribution in [0, 0.1) is 17.8 Å². The fourth-order valence-corrected chi connectivity index (χ4v) is 5.74. The standard InChI is InChI=1S/C18H26ClN7O/c1-24-2-4-25(5-3-24)23-17-16-18(21-9-20-17)26(10-22-16)15-7-11-13(8-27)12(15)6-14(11)19/h9-15,27H,2-8H2,1H3,(H,20,21,23)/t11-,12-,13-,14-,15-/m0/s1. The maximum Gasteiger partial charge on any atom is 0.172 e. The van der Waals surface area contributed by atoms with Crippen LogP contribution in [0.25, 0.3) is 11.2 Å². The molecule has 27 heavy (non-hydrogen) atoms. The second-order valence-electron chi connectivity index (χ2n) is 8.18. The molecular formula is C18H26ClN7O. The number of hydrazine groups is 1. The van der Waals surface area contributed by atoms with Gasteiger partial charge in [0.2, 0.25) is 0 Å². The number of hydrogen-bond donors (Lipinski definition) is 2. The lowest BCUT2D eigenvalue weighted by Gasteiger charge is -2.32. The highest BCUT2D eigenvalue weighted by Gasteiger charge is 2.53. The topological polar surface area (TPSA) is 82.3 Å². The molecular weight excluding hydrogens is 366 g/mol. The van der Waals surface area contributed by atoms with Crippen LogP contribution in [0.1, 0.15) is 18.9 Å². The number of nitrogens with one attached hydrogen (secondary N) is 1. The molecule has 2 aliphatic carbocycles. The fraction of sp³-hybridized carbons (Fsp3) is 0.722. The highest BCUT2D eigenvalue weighted by atomic mass is 35.5. The van der Waals surface area contributed by atoms with Crippen molar-refractivity contribution in [3.05, 3.63) is 12.7 Å². The van der Waals surface area contributed by atoms with E-state index in [1.807, 2.05) is 6.33 Å². The molecule has 2 aromatic rings. The zero-order valence-corrected chi connectivity index (χ0v) is 16.3. The molecule has 2 aromatic heterocycles. The Hall–Kier alpha value is -1.48. The Bertz CT molecular complexity index is 821. The van der Waals surface area contributed by atoms with Crippen molar-refractivity contribution in [2.24, 2.45) is 17.8 Å². The first-order valence-electron chi connectivity index (χ1n) is 9.78. The van der Waals surface area contributed by atoms with Gasteiger partial charge < -0.3 is 20.0 Å². The molecule has 2 N–H and O–H groups in total. The highest BCUT2D eigenvalue weighted by Crippen LogP contribution is 2.56. The Labute approximate surface area is 163 Å². The van der Waals surface area contributed by atoms with Gasteiger partial charge in [-0.3, -0.25) is 0 Å². The number of rotatable bonds is 4. The lowest BCUT2D eigenvalue weighted by molar-refractivity contribution is 0.178. The first-order chi connectivity index (χ1) is 13.2. The van der Waals surface area contributed by atoms with Gasteiger partial charge in [-0.15, -0.1) is 11.6 Å². The Morgan fingerprint density at radius 3 is 2.70 bits per heavy atom. The van der Waals surface area contributed by atoms with Crippen LogP contribution in [0.5, 0.6) is 0 Å². The molecule has 1 aliphatic heterocycles. The van der Waals surface area contributed by atoms with Crippen molar-refractivity contribution in [1.82, 2.24) is 29.4 Å². The van der Waals surface area contributed by atoms with Gasteiger partial charge in [-0.05, 0) is 37.6 Å². The van der Waals surface area contributed by atoms with Crippen molar-refractivity contribution in [2.45, 2.75) is 24.3 Å². The molecule has 0 amide bonds. The van der Waals surface area contributed by atoms with Crippen molar-refractivity contribution in [2.75, 3.05) is 45.3 Å². The van der Waals surface area contributed by atoms with E-state index in [2.05, 4.69) is 41.9 Å². The highest BCUT2D eigenvalue weighted by molar-refractivity contribution is 6.21. The SMILES string of the molecule is CN1CCN(Nc2ncnc3c2ncn3[C@H]2C[C@H]3[C@H](CO)[C@@H]2C[C@@H]3Cl)CC1. The van der Waals surface area contributed by atoms with E-state index in [1.165, 1.54) is 0 Å². The zero-order chi connectivity index (χ0) is 18.5. The second-order valence-corrected chi connectivity index (χ2v) is 8.74. The van der Waals surface area contributed by atoms with Crippen LogP contribution in [0.4, 0.5) is 5.82 Å². The van der Waals surface area contributed by atoms with E-state index in [-0.39, 0.29) is 12.0 Å². The number of alkyl halides is 1. The van der Waals surface area contributed by atoms with Gasteiger partial charge in [-0.25, -0.2) is 20.0 Å². The molecule has 0 radical (unpaired) electrons. The van der Waals surface area contributed by atoms with Crippen LogP contribution in [0.3, 0.4) is 0 Å². The number of piperazine rings is 1. The van der Waals surface area contributed by atoms with Gasteiger partial charge in [0.1, 0.15) is 6.33 Å². The summed E-state index contributed by atoms with van der Waals surface area (Å²) >= 11 is 6.49. The first kappa shape index (κ1) is 17.6. The maximum atomic E-state index is 9.81. The number of aliphatic hydroxyl groups excluding tert-OH is 1. The van der Waals surface area contributed by atoms with Gasteiger partial charge >= 0.3 is 0 Å². The molecule has 3 aliphatic rings. The summed E-state index contributed by atoms with van der Waals surface area (Å²) < 4.78 is 2.18. The summed E-state index contributed by atoms with van der Waals surface area (Å²) in [7, 11) is 2.14. The number of likely N-dealkylation sites (N-methyl/N-ethyl adjacent to an activating group) is 1. The van der Waals surface area contributed by atoms with E-state index >= 15 is 0 Å². The predicted molar refractivity (Wildman–Crippen MR) is 103 cm³/mol. The average molecular weight is 392 g/mol. The number of aromatic nitrogens is 4. The van der Waals surface area contributed by atoms with Crippen LogP contribution >= 0.6 is 11.6 Å². The molecule has 8 nitrogen and oxygen atoms in total. The van der Waals surface area contributed by atoms with Gasteiger partial charge in [0.15, 0.2) is 17.0 Å². The number of hydrogen-bond acceptors (Lipinski definition) is 7. The van der Waals surface area contributed by atoms with Gasteiger partial charge in [0.05, 0.1) is 6.33 Å². The van der Waals surface area contributed by atoms with Gasteiger partial charge in [0, 0.05) is 44.2 Å². The average Bonchev–Trinajstić information content (AvgIpc) is 3.33. The first-order valence-corrected chi connectivity index (χ1v) is 10.2. The normalized spacial score (nSPS) is 34.6. The van der Waals surface area contributed by atoms with Crippen LogP contribution < -0.4 is 5.43 Å². The molecule has 146 valence electrons. The molecule has 3 heterocycles. The number of aliphatic hydroxyl groups is 1. The minimum absolute atomic E-state index is 0.183. The van der Waals surface area contributed by atoms with Crippen LogP contribution in [0.2, 0.25) is 0 Å². The molecule has 9 heteroatoms. The summed E-state index contributed by atoms with van der Waals surface area (Å²) in [6.07, 6.45) is 5.44. The smallest absolute Gasteiger partial charge is 0.172 e. The molecule has 1 saturated heterocycles. The number of imidazole rings is 1. The summed E-state index contributed by atoms with van der Waals surface area (Å²) in [4.78, 5) is 15.9. The number of anilines is 1. The van der Waals surface area contributed by atoms with Crippen molar-refractivity contribution >= 4 is 28.6 Å². The summed E-state index contributed by atoms with van der Waals surface area (Å²) in [6, 6.07) is 0.304. The Kier molecular flexibility index (Phi) is 4.46. The van der Waals surface area contributed by atoms with E-state index in [9.17, 15) is 5.11 Å². The van der Waals surface area contributed by atoms with E-state index in [4.69, 9.17) is 11.6 Å². The quantitative estimate of drug-likeness (QED) is 0.757. The predicted octanol–water partition coefficient (Wildman–Crippen LogP) is 1.20. The molecule has 5 atom stereocenters. The van der Waals surface area contributed by atoms with Crippen molar-refractivity contribution < 1.29 is 5.11 Å². The Morgan fingerprint density at radius 1 is 1.15 bits per heavy atom. The molecule has 0 aromatic carbocycles. The van der Waals surface area contributed by atoms with Crippen LogP contribution in [-0.4, -0.2) is 79.7 Å². The lowest BCUT2D eigenvalue weighted by Crippen LogP contribution is -2.47. The minimum atomic E-state index is 0.183. The zero-order valence-electron chi connectivity index (χ0n) is 15.5. The largest absolute Gasteiger partial charge is 0.396 e. The third-order valence-corrected chi connectivity index (χ3v) is 7.27. The van der Waals surface area contributed by atoms with E-state index < -0.39 is 0 Å². The number of fused-ring (bicyclic) bond motifs is 3.